The minimum atomic E-state index is -2.49. The van der Waals surface area contributed by atoms with Crippen LogP contribution < -0.4 is 10.6 Å². The number of aryl methyl sites for hydroxylation is 1. The number of fused-ring (bicyclic) bond motifs is 1. The van der Waals surface area contributed by atoms with Crippen molar-refractivity contribution in [1.82, 2.24) is 15.5 Å². The molecule has 3 amide bonds. The lowest BCUT2D eigenvalue weighted by atomic mass is 9.66. The lowest BCUT2D eigenvalue weighted by molar-refractivity contribution is -0.136. The van der Waals surface area contributed by atoms with Gasteiger partial charge in [0.15, 0.2) is 0 Å². The Hall–Kier alpha value is -2.29. The summed E-state index contributed by atoms with van der Waals surface area (Å²) < 4.78 is 26.1. The van der Waals surface area contributed by atoms with Crippen molar-refractivity contribution in [2.75, 3.05) is 0 Å². The first-order chi connectivity index (χ1) is 16.6. The van der Waals surface area contributed by atoms with Gasteiger partial charge in [0.1, 0.15) is 6.04 Å². The van der Waals surface area contributed by atoms with E-state index in [1.54, 1.807) is 11.0 Å². The standard InChI is InChI=1S/C14H14N2O3.C12H20BF2N/c1-8-2-3-10-9(6-8)7-16(14(10)19)11-4-5-12(17)15-13(11)18;13-11(6-8-12(14,15)9-7-11)16-10-4-2-1-3-5-10/h2-3,6,11H,4-5,7H2,1H3,(H,15,17,18);10,16H,1-9H2. The van der Waals surface area contributed by atoms with E-state index < -0.39 is 17.4 Å². The molecule has 0 spiro atoms. The first kappa shape index (κ1) is 25.8. The van der Waals surface area contributed by atoms with Crippen LogP contribution in [0.5, 0.6) is 0 Å². The number of nitrogens with zero attached hydrogens (tertiary/aromatic N) is 1. The second-order valence-corrected chi connectivity index (χ2v) is 10.6. The van der Waals surface area contributed by atoms with Gasteiger partial charge in [-0.3, -0.25) is 19.7 Å². The van der Waals surface area contributed by atoms with E-state index in [-0.39, 0.29) is 37.0 Å². The molecule has 5 rings (SSSR count). The normalized spacial score (nSPS) is 26.0. The van der Waals surface area contributed by atoms with Crippen LogP contribution in [-0.2, 0) is 16.1 Å². The third-order valence-corrected chi connectivity index (χ3v) is 7.65. The van der Waals surface area contributed by atoms with E-state index in [4.69, 9.17) is 7.85 Å². The molecule has 6 nitrogen and oxygen atoms in total. The number of hydrogen-bond donors (Lipinski definition) is 2. The zero-order valence-corrected chi connectivity index (χ0v) is 20.4. The van der Waals surface area contributed by atoms with Crippen LogP contribution in [0.1, 0.15) is 92.1 Å². The molecular weight excluding hydrogens is 451 g/mol. The van der Waals surface area contributed by atoms with Crippen molar-refractivity contribution in [3.05, 3.63) is 34.9 Å². The predicted octanol–water partition coefficient (Wildman–Crippen LogP) is 3.74. The van der Waals surface area contributed by atoms with Crippen molar-refractivity contribution < 1.29 is 23.2 Å². The Labute approximate surface area is 207 Å². The topological polar surface area (TPSA) is 78.5 Å². The number of amides is 3. The van der Waals surface area contributed by atoms with Crippen LogP contribution in [-0.4, -0.2) is 53.9 Å². The summed E-state index contributed by atoms with van der Waals surface area (Å²) in [5.41, 5.74) is 2.17. The molecule has 1 saturated heterocycles. The summed E-state index contributed by atoms with van der Waals surface area (Å²) in [4.78, 5) is 36.8. The molecule has 2 aliphatic carbocycles. The maximum Gasteiger partial charge on any atom is 0.255 e. The molecule has 1 unspecified atom stereocenters. The van der Waals surface area contributed by atoms with Gasteiger partial charge in [-0.15, -0.1) is 0 Å². The summed E-state index contributed by atoms with van der Waals surface area (Å²) in [6.07, 6.45) is 7.44. The number of hydrogen-bond acceptors (Lipinski definition) is 4. The van der Waals surface area contributed by atoms with E-state index in [1.165, 1.54) is 19.3 Å². The highest BCUT2D eigenvalue weighted by Crippen LogP contribution is 2.38. The van der Waals surface area contributed by atoms with Crippen LogP contribution in [0.15, 0.2) is 18.2 Å². The molecule has 1 aromatic rings. The van der Waals surface area contributed by atoms with Gasteiger partial charge in [0.25, 0.3) is 5.91 Å². The van der Waals surface area contributed by atoms with Crippen molar-refractivity contribution in [2.45, 2.75) is 108 Å². The summed E-state index contributed by atoms with van der Waals surface area (Å²) >= 11 is 0. The largest absolute Gasteiger partial charge is 0.322 e. The molecule has 35 heavy (non-hydrogen) atoms. The van der Waals surface area contributed by atoms with Gasteiger partial charge in [0.05, 0.1) is 7.85 Å². The lowest BCUT2D eigenvalue weighted by Crippen LogP contribution is -2.54. The van der Waals surface area contributed by atoms with Crippen LogP contribution in [0, 0.1) is 6.92 Å². The average Bonchev–Trinajstić information content (AvgIpc) is 3.12. The number of imide groups is 1. The highest BCUT2D eigenvalue weighted by Gasteiger charge is 2.41. The molecule has 2 radical (unpaired) electrons. The molecule has 4 aliphatic rings. The number of benzene rings is 1. The monoisotopic (exact) mass is 485 g/mol. The maximum atomic E-state index is 13.0. The van der Waals surface area contributed by atoms with Crippen molar-refractivity contribution in [3.63, 3.8) is 0 Å². The fourth-order valence-corrected chi connectivity index (χ4v) is 5.56. The van der Waals surface area contributed by atoms with Gasteiger partial charge in [-0.25, -0.2) is 8.78 Å². The van der Waals surface area contributed by atoms with E-state index >= 15 is 0 Å². The number of halogens is 2. The average molecular weight is 485 g/mol. The van der Waals surface area contributed by atoms with E-state index in [2.05, 4.69) is 10.6 Å². The Balaban J connectivity index is 0.000000168. The summed E-state index contributed by atoms with van der Waals surface area (Å²) in [6, 6.07) is 5.59. The number of rotatable bonds is 3. The Kier molecular flexibility index (Phi) is 7.64. The maximum absolute atomic E-state index is 13.0. The number of carbonyl (C=O) groups excluding carboxylic acids is 3. The summed E-state index contributed by atoms with van der Waals surface area (Å²) in [6.45, 7) is 2.42. The van der Waals surface area contributed by atoms with Gasteiger partial charge >= 0.3 is 0 Å². The molecule has 2 saturated carbocycles. The van der Waals surface area contributed by atoms with Gasteiger partial charge in [-0.2, -0.15) is 0 Å². The van der Waals surface area contributed by atoms with Crippen LogP contribution in [0.25, 0.3) is 0 Å². The van der Waals surface area contributed by atoms with Crippen LogP contribution in [0.3, 0.4) is 0 Å². The van der Waals surface area contributed by atoms with Crippen molar-refractivity contribution >= 4 is 25.6 Å². The molecule has 188 valence electrons. The van der Waals surface area contributed by atoms with Gasteiger partial charge < -0.3 is 10.2 Å². The van der Waals surface area contributed by atoms with E-state index in [0.717, 1.165) is 24.0 Å². The molecule has 0 bridgehead atoms. The predicted molar refractivity (Wildman–Crippen MR) is 129 cm³/mol. The zero-order valence-electron chi connectivity index (χ0n) is 20.4. The fraction of sp³-hybridized carbons (Fsp3) is 0.654. The third-order valence-electron chi connectivity index (χ3n) is 7.65. The van der Waals surface area contributed by atoms with Crippen molar-refractivity contribution in [1.29, 1.82) is 0 Å². The second kappa shape index (κ2) is 10.4. The smallest absolute Gasteiger partial charge is 0.255 e. The van der Waals surface area contributed by atoms with Gasteiger partial charge in [-0.1, -0.05) is 37.0 Å². The summed E-state index contributed by atoms with van der Waals surface area (Å²) in [7, 11) is 6.17. The van der Waals surface area contributed by atoms with E-state index in [9.17, 15) is 23.2 Å². The number of alkyl halides is 2. The first-order valence-electron chi connectivity index (χ1n) is 12.7. The van der Waals surface area contributed by atoms with Crippen molar-refractivity contribution in [3.8, 4) is 0 Å². The number of nitrogens with one attached hydrogen (secondary N) is 2. The molecule has 2 N–H and O–H groups in total. The SMILES string of the molecule is Cc1ccc2c(c1)CN(C1CCC(=O)NC1=O)C2=O.[B]C1(NC2CCCCC2)CCC(F)(F)CC1. The Morgan fingerprint density at radius 2 is 1.71 bits per heavy atom. The summed E-state index contributed by atoms with van der Waals surface area (Å²) in [5, 5.41) is 5.71. The molecule has 9 heteroatoms. The Morgan fingerprint density at radius 3 is 2.37 bits per heavy atom. The van der Waals surface area contributed by atoms with Gasteiger partial charge in [-0.05, 0) is 56.1 Å². The fourth-order valence-electron chi connectivity index (χ4n) is 5.56. The van der Waals surface area contributed by atoms with Gasteiger partial charge in [0, 0.05) is 37.4 Å². The van der Waals surface area contributed by atoms with Crippen LogP contribution in [0.2, 0.25) is 0 Å². The zero-order chi connectivity index (χ0) is 25.2. The molecule has 2 aliphatic heterocycles. The highest BCUT2D eigenvalue weighted by atomic mass is 19.3. The Morgan fingerprint density at radius 1 is 1.03 bits per heavy atom. The lowest BCUT2D eigenvalue weighted by Gasteiger charge is -2.42. The molecular formula is C26H34BF2N3O3. The quantitative estimate of drug-likeness (QED) is 0.505. The van der Waals surface area contributed by atoms with Crippen LogP contribution in [0.4, 0.5) is 8.78 Å². The molecule has 2 heterocycles. The molecule has 1 atom stereocenters. The van der Waals surface area contributed by atoms with Crippen molar-refractivity contribution in [2.24, 2.45) is 0 Å². The highest BCUT2D eigenvalue weighted by molar-refractivity contribution is 6.15. The third kappa shape index (κ3) is 6.29. The Bertz CT molecular complexity index is 971. The second-order valence-electron chi connectivity index (χ2n) is 10.6. The molecule has 3 fully saturated rings. The minimum Gasteiger partial charge on any atom is -0.322 e. The number of carbonyl (C=O) groups is 3. The minimum absolute atomic E-state index is 0.0662. The summed E-state index contributed by atoms with van der Waals surface area (Å²) in [5.74, 6) is -3.24. The molecule has 0 aromatic heterocycles. The van der Waals surface area contributed by atoms with Gasteiger partial charge in [0.2, 0.25) is 17.7 Å². The molecule has 1 aromatic carbocycles. The van der Waals surface area contributed by atoms with E-state index in [1.807, 2.05) is 19.1 Å². The van der Waals surface area contributed by atoms with E-state index in [0.29, 0.717) is 37.4 Å². The first-order valence-corrected chi connectivity index (χ1v) is 12.7. The number of piperidine rings is 1. The van der Waals surface area contributed by atoms with Crippen LogP contribution >= 0.6 is 0 Å².